The molecule has 8 heteroatoms. The zero-order chi connectivity index (χ0) is 19.8. The lowest BCUT2D eigenvalue weighted by molar-refractivity contribution is -0.134. The Bertz CT molecular complexity index is 879. The van der Waals surface area contributed by atoms with Gasteiger partial charge in [-0.1, -0.05) is 22.9 Å². The Kier molecular flexibility index (Phi) is 7.25. The van der Waals surface area contributed by atoms with Gasteiger partial charge in [-0.05, 0) is 42.5 Å². The summed E-state index contributed by atoms with van der Waals surface area (Å²) >= 11 is 3.34. The second-order valence-electron chi connectivity index (χ2n) is 5.47. The van der Waals surface area contributed by atoms with Crippen molar-refractivity contribution in [3.8, 4) is 5.75 Å². The first-order valence-corrected chi connectivity index (χ1v) is 8.89. The Morgan fingerprint density at radius 3 is 2.48 bits per heavy atom. The van der Waals surface area contributed by atoms with Crippen molar-refractivity contribution in [2.24, 2.45) is 5.10 Å². The molecular formula is C19H18BrN3O4. The number of ether oxygens (including phenoxy) is 1. The largest absolute Gasteiger partial charge is 0.426 e. The van der Waals surface area contributed by atoms with E-state index in [9.17, 15) is 14.4 Å². The minimum Gasteiger partial charge on any atom is -0.426 e. The van der Waals surface area contributed by atoms with Crippen molar-refractivity contribution < 1.29 is 19.1 Å². The predicted molar refractivity (Wildman–Crippen MR) is 106 cm³/mol. The van der Waals surface area contributed by atoms with Crippen molar-refractivity contribution >= 4 is 45.6 Å². The monoisotopic (exact) mass is 431 g/mol. The predicted octanol–water partition coefficient (Wildman–Crippen LogP) is 3.49. The third-order valence-corrected chi connectivity index (χ3v) is 3.81. The highest BCUT2D eigenvalue weighted by Gasteiger charge is 2.08. The molecule has 0 atom stereocenters. The lowest BCUT2D eigenvalue weighted by Gasteiger charge is -2.07. The molecule has 0 aliphatic rings. The molecule has 7 nitrogen and oxygen atoms in total. The number of halogens is 1. The molecule has 2 N–H and O–H groups in total. The summed E-state index contributed by atoms with van der Waals surface area (Å²) < 4.78 is 6.02. The van der Waals surface area contributed by atoms with Crippen LogP contribution >= 0.6 is 15.9 Å². The zero-order valence-electron chi connectivity index (χ0n) is 14.8. The van der Waals surface area contributed by atoms with Crippen LogP contribution in [-0.4, -0.2) is 24.0 Å². The van der Waals surface area contributed by atoms with E-state index in [-0.39, 0.29) is 18.3 Å². The van der Waals surface area contributed by atoms with Gasteiger partial charge in [-0.15, -0.1) is 0 Å². The van der Waals surface area contributed by atoms with Crippen LogP contribution in [0.3, 0.4) is 0 Å². The highest BCUT2D eigenvalue weighted by molar-refractivity contribution is 9.10. The van der Waals surface area contributed by atoms with Crippen LogP contribution in [0, 0.1) is 0 Å². The third kappa shape index (κ3) is 6.34. The van der Waals surface area contributed by atoms with Crippen LogP contribution in [0.25, 0.3) is 0 Å². The maximum atomic E-state index is 12.1. The molecule has 0 saturated heterocycles. The first-order valence-electron chi connectivity index (χ1n) is 8.10. The molecule has 2 amide bonds. The van der Waals surface area contributed by atoms with Crippen molar-refractivity contribution in [1.29, 1.82) is 0 Å². The Morgan fingerprint density at radius 1 is 1.15 bits per heavy atom. The van der Waals surface area contributed by atoms with Gasteiger partial charge in [0.2, 0.25) is 5.91 Å². The molecule has 0 saturated carbocycles. The van der Waals surface area contributed by atoms with Crippen molar-refractivity contribution in [2.75, 3.05) is 5.32 Å². The Morgan fingerprint density at radius 2 is 1.85 bits per heavy atom. The van der Waals surface area contributed by atoms with E-state index in [2.05, 4.69) is 31.8 Å². The fraction of sp³-hybridized carbons (Fsp3) is 0.158. The number of nitrogens with zero attached hydrogens (tertiary/aromatic N) is 1. The fourth-order valence-electron chi connectivity index (χ4n) is 2.04. The summed E-state index contributed by atoms with van der Waals surface area (Å²) in [6.07, 6.45) is 1.64. The van der Waals surface area contributed by atoms with Crippen LogP contribution in [0.4, 0.5) is 5.69 Å². The summed E-state index contributed by atoms with van der Waals surface area (Å²) in [6, 6.07) is 11.5. The van der Waals surface area contributed by atoms with Gasteiger partial charge < -0.3 is 10.1 Å². The minimum atomic E-state index is -0.414. The van der Waals surface area contributed by atoms with Gasteiger partial charge in [0, 0.05) is 34.6 Å². The van der Waals surface area contributed by atoms with Crippen molar-refractivity contribution in [1.82, 2.24) is 5.43 Å². The van der Waals surface area contributed by atoms with E-state index >= 15 is 0 Å². The fourth-order valence-corrected chi connectivity index (χ4v) is 2.42. The average molecular weight is 432 g/mol. The molecule has 2 aromatic carbocycles. The van der Waals surface area contributed by atoms with Gasteiger partial charge in [-0.3, -0.25) is 14.4 Å². The molecule has 0 radical (unpaired) electrons. The van der Waals surface area contributed by atoms with Gasteiger partial charge in [0.1, 0.15) is 5.75 Å². The van der Waals surface area contributed by atoms with Gasteiger partial charge in [0.15, 0.2) is 0 Å². The van der Waals surface area contributed by atoms with E-state index < -0.39 is 5.91 Å². The van der Waals surface area contributed by atoms with Crippen LogP contribution in [-0.2, 0) is 9.59 Å². The SMILES string of the molecule is CCC(=O)Oc1ccc(Br)cc1/C=N\NC(=O)c1ccc(NC(C)=O)cc1. The quantitative estimate of drug-likeness (QED) is 0.316. The highest BCUT2D eigenvalue weighted by Crippen LogP contribution is 2.22. The van der Waals surface area contributed by atoms with Gasteiger partial charge in [0.05, 0.1) is 6.21 Å². The first kappa shape index (κ1) is 20.3. The summed E-state index contributed by atoms with van der Waals surface area (Å²) in [6.45, 7) is 3.11. The molecule has 0 heterocycles. The first-order chi connectivity index (χ1) is 12.9. The molecule has 27 heavy (non-hydrogen) atoms. The van der Waals surface area contributed by atoms with Crippen LogP contribution in [0.1, 0.15) is 36.2 Å². The number of carbonyl (C=O) groups is 3. The molecule has 0 bridgehead atoms. The second-order valence-corrected chi connectivity index (χ2v) is 6.38. The highest BCUT2D eigenvalue weighted by atomic mass is 79.9. The van der Waals surface area contributed by atoms with E-state index in [1.807, 2.05) is 0 Å². The number of anilines is 1. The summed E-state index contributed by atoms with van der Waals surface area (Å²) in [5.74, 6) is -0.619. The molecule has 140 valence electrons. The number of hydrogen-bond acceptors (Lipinski definition) is 5. The van der Waals surface area contributed by atoms with Gasteiger partial charge in [-0.2, -0.15) is 5.10 Å². The smallest absolute Gasteiger partial charge is 0.310 e. The molecule has 0 spiro atoms. The molecule has 0 unspecified atom stereocenters. The minimum absolute atomic E-state index is 0.189. The summed E-state index contributed by atoms with van der Waals surface area (Å²) in [5.41, 5.74) is 3.92. The molecular weight excluding hydrogens is 414 g/mol. The number of esters is 1. The number of benzene rings is 2. The number of rotatable bonds is 6. The average Bonchev–Trinajstić information content (AvgIpc) is 2.63. The molecule has 0 aliphatic carbocycles. The third-order valence-electron chi connectivity index (χ3n) is 3.32. The van der Waals surface area contributed by atoms with Crippen LogP contribution in [0.5, 0.6) is 5.75 Å². The zero-order valence-corrected chi connectivity index (χ0v) is 16.4. The molecule has 0 aliphatic heterocycles. The molecule has 2 aromatic rings. The maximum absolute atomic E-state index is 12.1. The second kappa shape index (κ2) is 9.63. The van der Waals surface area contributed by atoms with E-state index in [0.29, 0.717) is 22.6 Å². The number of amides is 2. The van der Waals surface area contributed by atoms with Crippen molar-refractivity contribution in [2.45, 2.75) is 20.3 Å². The normalized spacial score (nSPS) is 10.5. The summed E-state index contributed by atoms with van der Waals surface area (Å²) in [7, 11) is 0. The van der Waals surface area contributed by atoms with Crippen LogP contribution < -0.4 is 15.5 Å². The van der Waals surface area contributed by atoms with E-state index in [0.717, 1.165) is 4.47 Å². The maximum Gasteiger partial charge on any atom is 0.310 e. The van der Waals surface area contributed by atoms with Crippen LogP contribution in [0.15, 0.2) is 52.0 Å². The molecule has 0 fully saturated rings. The molecule has 2 rings (SSSR count). The molecule has 0 aromatic heterocycles. The standard InChI is InChI=1S/C19H18BrN3O4/c1-3-18(25)27-17-9-6-15(20)10-14(17)11-21-23-19(26)13-4-7-16(8-5-13)22-12(2)24/h4-11H,3H2,1-2H3,(H,22,24)(H,23,26)/b21-11-. The number of nitrogens with one attached hydrogen (secondary N) is 2. The lowest BCUT2D eigenvalue weighted by atomic mass is 10.2. The Balaban J connectivity index is 2.06. The number of hydrogen-bond donors (Lipinski definition) is 2. The topological polar surface area (TPSA) is 96.9 Å². The van der Waals surface area contributed by atoms with Gasteiger partial charge >= 0.3 is 5.97 Å². The van der Waals surface area contributed by atoms with Crippen molar-refractivity contribution in [3.05, 3.63) is 58.1 Å². The lowest BCUT2D eigenvalue weighted by Crippen LogP contribution is -2.17. The van der Waals surface area contributed by atoms with Gasteiger partial charge in [0.25, 0.3) is 5.91 Å². The number of hydrazone groups is 1. The van der Waals surface area contributed by atoms with Crippen LogP contribution in [0.2, 0.25) is 0 Å². The van der Waals surface area contributed by atoms with E-state index in [1.54, 1.807) is 49.4 Å². The number of carbonyl (C=O) groups excluding carboxylic acids is 3. The summed E-state index contributed by atoms with van der Waals surface area (Å²) in [4.78, 5) is 34.6. The van der Waals surface area contributed by atoms with Gasteiger partial charge in [-0.25, -0.2) is 5.43 Å². The van der Waals surface area contributed by atoms with Crippen molar-refractivity contribution in [3.63, 3.8) is 0 Å². The summed E-state index contributed by atoms with van der Waals surface area (Å²) in [5, 5.41) is 6.54. The van der Waals surface area contributed by atoms with E-state index in [1.165, 1.54) is 13.1 Å². The Hall–Kier alpha value is -3.00. The van der Waals surface area contributed by atoms with E-state index in [4.69, 9.17) is 4.74 Å². The Labute approximate surface area is 164 Å².